The van der Waals surface area contributed by atoms with Crippen molar-refractivity contribution in [1.82, 2.24) is 9.55 Å². The summed E-state index contributed by atoms with van der Waals surface area (Å²) in [5.74, 6) is 0. The van der Waals surface area contributed by atoms with Crippen molar-refractivity contribution < 1.29 is 33.1 Å². The smallest absolute Gasteiger partial charge is 0.387 e. The maximum atomic E-state index is 14.6. The molecule has 2 rings (SSSR count). The van der Waals surface area contributed by atoms with Crippen LogP contribution in [0, 0.1) is 6.92 Å². The predicted molar refractivity (Wildman–Crippen MR) is 78.3 cm³/mol. The number of rotatable bonds is 4. The minimum absolute atomic E-state index is 0.177. The molecule has 1 aromatic rings. The monoisotopic (exact) mass is 368 g/mol. The van der Waals surface area contributed by atoms with Gasteiger partial charge >= 0.3 is 13.5 Å². The second kappa shape index (κ2) is 6.87. The lowest BCUT2D eigenvalue weighted by Crippen LogP contribution is -2.54. The number of ether oxygens (including phenoxy) is 1. The molecule has 5 atom stereocenters. The molecule has 0 amide bonds. The molecule has 1 aliphatic rings. The number of halogens is 1. The van der Waals surface area contributed by atoms with Gasteiger partial charge in [0.05, 0.1) is 18.8 Å². The van der Waals surface area contributed by atoms with Crippen LogP contribution in [-0.4, -0.2) is 55.5 Å². The third kappa shape index (κ3) is 4.00. The SMILES string of the molecule is Cc1cn([C@@H]2CO[C@H]([C@H](C)OP(=O)(O)O)[C@@H](O)[C@H]2F)c(=O)[nH]c1=O. The zero-order valence-corrected chi connectivity index (χ0v) is 13.7. The Morgan fingerprint density at radius 1 is 1.50 bits per heavy atom. The summed E-state index contributed by atoms with van der Waals surface area (Å²) in [4.78, 5) is 42.8. The van der Waals surface area contributed by atoms with Gasteiger partial charge in [-0.25, -0.2) is 13.8 Å². The number of aliphatic hydroxyl groups excluding tert-OH is 1. The molecule has 0 unspecified atom stereocenters. The molecular weight excluding hydrogens is 350 g/mol. The molecule has 1 saturated heterocycles. The van der Waals surface area contributed by atoms with Crippen LogP contribution in [0.3, 0.4) is 0 Å². The molecule has 0 aliphatic carbocycles. The van der Waals surface area contributed by atoms with Gasteiger partial charge in [-0.3, -0.25) is 18.9 Å². The van der Waals surface area contributed by atoms with Gasteiger partial charge in [0.1, 0.15) is 12.2 Å². The van der Waals surface area contributed by atoms with E-state index in [9.17, 15) is 23.7 Å². The number of aromatic nitrogens is 2. The van der Waals surface area contributed by atoms with Gasteiger partial charge in [0.25, 0.3) is 5.56 Å². The molecule has 4 N–H and O–H groups in total. The first-order chi connectivity index (χ1) is 11.0. The fraction of sp³-hybridized carbons (Fsp3) is 0.667. The largest absolute Gasteiger partial charge is 0.469 e. The highest BCUT2D eigenvalue weighted by Crippen LogP contribution is 2.40. The number of hydrogen-bond acceptors (Lipinski definition) is 6. The van der Waals surface area contributed by atoms with Crippen LogP contribution in [0.5, 0.6) is 0 Å². The molecule has 0 saturated carbocycles. The fourth-order valence-electron chi connectivity index (χ4n) is 2.56. The Morgan fingerprint density at radius 3 is 2.71 bits per heavy atom. The summed E-state index contributed by atoms with van der Waals surface area (Å²) >= 11 is 0. The molecule has 1 aliphatic heterocycles. The summed E-state index contributed by atoms with van der Waals surface area (Å²) in [6.07, 6.45) is -5.22. The summed E-state index contributed by atoms with van der Waals surface area (Å²) in [6.45, 7) is 2.29. The standard InChI is InChI=1S/C12H18FN2O8P/c1-5-3-15(12(18)14-11(5)17)7-4-22-10(9(16)8(7)13)6(2)23-24(19,20)21/h3,6-10,16H,4H2,1-2H3,(H,14,17,18)(H2,19,20,21)/t6-,7+,8-,9-,10+/m0/s1. The highest BCUT2D eigenvalue weighted by atomic mass is 31.2. The lowest BCUT2D eigenvalue weighted by Gasteiger charge is -2.39. The van der Waals surface area contributed by atoms with E-state index in [1.807, 2.05) is 4.98 Å². The normalized spacial score (nSPS) is 29.4. The molecule has 0 bridgehead atoms. The Kier molecular flexibility index (Phi) is 5.43. The highest BCUT2D eigenvalue weighted by Gasteiger charge is 2.45. The number of aromatic amines is 1. The van der Waals surface area contributed by atoms with Crippen molar-refractivity contribution in [2.24, 2.45) is 0 Å². The zero-order chi connectivity index (χ0) is 18.2. The number of phosphoric acid groups is 1. The number of hydrogen-bond donors (Lipinski definition) is 4. The second-order valence-electron chi connectivity index (χ2n) is 5.58. The minimum atomic E-state index is -4.84. The maximum Gasteiger partial charge on any atom is 0.469 e. The Labute approximate surface area is 135 Å². The van der Waals surface area contributed by atoms with Crippen LogP contribution in [0.15, 0.2) is 15.8 Å². The molecule has 1 fully saturated rings. The lowest BCUT2D eigenvalue weighted by molar-refractivity contribution is -0.166. The van der Waals surface area contributed by atoms with Crippen molar-refractivity contribution in [1.29, 1.82) is 0 Å². The molecular formula is C12H18FN2O8P. The van der Waals surface area contributed by atoms with Gasteiger partial charge in [-0.05, 0) is 13.8 Å². The van der Waals surface area contributed by atoms with Crippen LogP contribution in [0.1, 0.15) is 18.5 Å². The van der Waals surface area contributed by atoms with Crippen LogP contribution in [0.4, 0.5) is 4.39 Å². The average Bonchev–Trinajstić information content (AvgIpc) is 2.44. The van der Waals surface area contributed by atoms with Crippen LogP contribution >= 0.6 is 7.82 Å². The quantitative estimate of drug-likeness (QED) is 0.493. The van der Waals surface area contributed by atoms with Gasteiger partial charge < -0.3 is 19.6 Å². The van der Waals surface area contributed by atoms with E-state index >= 15 is 0 Å². The molecule has 0 radical (unpaired) electrons. The Morgan fingerprint density at radius 2 is 2.12 bits per heavy atom. The van der Waals surface area contributed by atoms with Crippen molar-refractivity contribution in [2.75, 3.05) is 6.61 Å². The van der Waals surface area contributed by atoms with Gasteiger partial charge in [0.15, 0.2) is 6.17 Å². The van der Waals surface area contributed by atoms with Crippen LogP contribution in [0.2, 0.25) is 0 Å². The van der Waals surface area contributed by atoms with Crippen molar-refractivity contribution in [3.8, 4) is 0 Å². The summed E-state index contributed by atoms with van der Waals surface area (Å²) < 4.78 is 35.9. The van der Waals surface area contributed by atoms with Gasteiger partial charge in [0.2, 0.25) is 0 Å². The maximum absolute atomic E-state index is 14.6. The van der Waals surface area contributed by atoms with Gasteiger partial charge in [-0.15, -0.1) is 0 Å². The molecule has 10 nitrogen and oxygen atoms in total. The number of aryl methyl sites for hydroxylation is 1. The Balaban J connectivity index is 2.23. The number of nitrogens with one attached hydrogen (secondary N) is 1. The van der Waals surface area contributed by atoms with E-state index in [0.717, 1.165) is 10.8 Å². The van der Waals surface area contributed by atoms with Gasteiger partial charge in [-0.2, -0.15) is 0 Å². The first-order valence-corrected chi connectivity index (χ1v) is 8.54. The Hall–Kier alpha value is -1.36. The van der Waals surface area contributed by atoms with Crippen LogP contribution in [-0.2, 0) is 13.8 Å². The summed E-state index contributed by atoms with van der Waals surface area (Å²) in [7, 11) is -4.84. The first kappa shape index (κ1) is 19.0. The molecule has 1 aromatic heterocycles. The number of phosphoric ester groups is 1. The number of alkyl halides is 1. The predicted octanol–water partition coefficient (Wildman–Crippen LogP) is -1.02. The van der Waals surface area contributed by atoms with E-state index in [2.05, 4.69) is 4.52 Å². The molecule has 0 aromatic carbocycles. The first-order valence-electron chi connectivity index (χ1n) is 7.01. The third-order valence-corrected chi connectivity index (χ3v) is 4.37. The molecule has 0 spiro atoms. The Bertz CT molecular complexity index is 758. The van der Waals surface area contributed by atoms with E-state index < -0.39 is 49.6 Å². The van der Waals surface area contributed by atoms with Gasteiger partial charge in [0, 0.05) is 11.8 Å². The van der Waals surface area contributed by atoms with Crippen LogP contribution < -0.4 is 11.2 Å². The second-order valence-corrected chi connectivity index (χ2v) is 6.77. The number of aliphatic hydroxyl groups is 1. The zero-order valence-electron chi connectivity index (χ0n) is 12.8. The average molecular weight is 368 g/mol. The van der Waals surface area contributed by atoms with E-state index in [1.54, 1.807) is 0 Å². The van der Waals surface area contributed by atoms with Crippen molar-refractivity contribution >= 4 is 7.82 Å². The van der Waals surface area contributed by atoms with Gasteiger partial charge in [-0.1, -0.05) is 0 Å². The minimum Gasteiger partial charge on any atom is -0.387 e. The van der Waals surface area contributed by atoms with E-state index in [4.69, 9.17) is 14.5 Å². The number of H-pyrrole nitrogens is 1. The van der Waals surface area contributed by atoms with Crippen molar-refractivity contribution in [3.05, 3.63) is 32.6 Å². The lowest BCUT2D eigenvalue weighted by atomic mass is 9.96. The molecule has 136 valence electrons. The highest BCUT2D eigenvalue weighted by molar-refractivity contribution is 7.46. The van der Waals surface area contributed by atoms with Crippen LogP contribution in [0.25, 0.3) is 0 Å². The van der Waals surface area contributed by atoms with Crippen molar-refractivity contribution in [3.63, 3.8) is 0 Å². The van der Waals surface area contributed by atoms with Crippen molar-refractivity contribution in [2.45, 2.75) is 44.4 Å². The molecule has 12 heteroatoms. The molecule has 2 heterocycles. The van der Waals surface area contributed by atoms with E-state index in [0.29, 0.717) is 0 Å². The third-order valence-electron chi connectivity index (χ3n) is 3.76. The fourth-order valence-corrected chi connectivity index (χ4v) is 3.12. The summed E-state index contributed by atoms with van der Waals surface area (Å²) in [5, 5.41) is 10.0. The number of nitrogens with zero attached hydrogens (tertiary/aromatic N) is 1. The van der Waals surface area contributed by atoms with E-state index in [1.165, 1.54) is 13.8 Å². The van der Waals surface area contributed by atoms with E-state index in [-0.39, 0.29) is 12.2 Å². The summed E-state index contributed by atoms with van der Waals surface area (Å²) in [5.41, 5.74) is -1.28. The summed E-state index contributed by atoms with van der Waals surface area (Å²) in [6, 6.07) is -1.21. The topological polar surface area (TPSA) is 151 Å². The molecule has 24 heavy (non-hydrogen) atoms.